The molecule has 0 radical (unpaired) electrons. The molecule has 4 saturated carbocycles. The molecule has 4 aliphatic rings. The molecule has 0 unspecified atom stereocenters. The van der Waals surface area contributed by atoms with Crippen LogP contribution in [0.3, 0.4) is 0 Å². The highest BCUT2D eigenvalue weighted by Gasteiger charge is 2.47. The minimum Gasteiger partial charge on any atom is -0.0654 e. The third-order valence-corrected chi connectivity index (χ3v) is 7.06. The summed E-state index contributed by atoms with van der Waals surface area (Å²) < 4.78 is 0. The maximum absolute atomic E-state index is 2.31. The summed E-state index contributed by atoms with van der Waals surface area (Å²) in [4.78, 5) is 0. The van der Waals surface area contributed by atoms with Gasteiger partial charge >= 0.3 is 0 Å². The van der Waals surface area contributed by atoms with Crippen LogP contribution in [0.15, 0.2) is 0 Å². The van der Waals surface area contributed by atoms with Crippen LogP contribution >= 0.6 is 0 Å². The standard InChI is InChI=1S/C21H38/c1-2-3-4-5-6-7-8-9-10-11-21-19-13-17-12-18(15-19)16-20(21)14-17/h17-21H,2-16H2,1H3. The first kappa shape index (κ1) is 15.9. The van der Waals surface area contributed by atoms with Crippen molar-refractivity contribution in [3.05, 3.63) is 0 Å². The Labute approximate surface area is 133 Å². The van der Waals surface area contributed by atoms with E-state index in [1.807, 2.05) is 0 Å². The van der Waals surface area contributed by atoms with Crippen LogP contribution in [0.25, 0.3) is 0 Å². The van der Waals surface area contributed by atoms with E-state index in [0.29, 0.717) is 0 Å². The molecule has 0 N–H and O–H groups in total. The van der Waals surface area contributed by atoms with E-state index in [1.165, 1.54) is 51.4 Å². The molecule has 0 atom stereocenters. The lowest BCUT2D eigenvalue weighted by atomic mass is 9.51. The van der Waals surface area contributed by atoms with Gasteiger partial charge in [-0.3, -0.25) is 0 Å². The molecule has 0 aromatic carbocycles. The molecule has 0 heterocycles. The largest absolute Gasteiger partial charge is 0.0654 e. The molecule has 122 valence electrons. The van der Waals surface area contributed by atoms with Crippen LogP contribution in [-0.4, -0.2) is 0 Å². The Kier molecular flexibility index (Phi) is 6.07. The Bertz CT molecular complexity index is 264. The van der Waals surface area contributed by atoms with Crippen LogP contribution in [-0.2, 0) is 0 Å². The van der Waals surface area contributed by atoms with Crippen LogP contribution in [0.4, 0.5) is 0 Å². The normalized spacial score (nSPS) is 37.3. The van der Waals surface area contributed by atoms with Crippen molar-refractivity contribution in [1.82, 2.24) is 0 Å². The predicted molar refractivity (Wildman–Crippen MR) is 92.4 cm³/mol. The molecule has 21 heavy (non-hydrogen) atoms. The zero-order valence-corrected chi connectivity index (χ0v) is 14.5. The third kappa shape index (κ3) is 4.26. The van der Waals surface area contributed by atoms with Crippen molar-refractivity contribution in [2.45, 2.75) is 103 Å². The Morgan fingerprint density at radius 2 is 1.05 bits per heavy atom. The van der Waals surface area contributed by atoms with Crippen molar-refractivity contribution < 1.29 is 0 Å². The van der Waals surface area contributed by atoms with Gasteiger partial charge in [0.25, 0.3) is 0 Å². The van der Waals surface area contributed by atoms with Crippen molar-refractivity contribution >= 4 is 0 Å². The number of hydrogen-bond donors (Lipinski definition) is 0. The summed E-state index contributed by atoms with van der Waals surface area (Å²) in [7, 11) is 0. The van der Waals surface area contributed by atoms with Crippen LogP contribution in [0.1, 0.15) is 103 Å². The second-order valence-electron chi connectivity index (χ2n) is 8.71. The van der Waals surface area contributed by atoms with Crippen LogP contribution < -0.4 is 0 Å². The highest BCUT2D eigenvalue weighted by Crippen LogP contribution is 2.57. The maximum atomic E-state index is 2.31. The smallest absolute Gasteiger partial charge is 0.0357 e. The van der Waals surface area contributed by atoms with Gasteiger partial charge in [-0.15, -0.1) is 0 Å². The molecule has 0 amide bonds. The fourth-order valence-electron chi connectivity index (χ4n) is 6.20. The van der Waals surface area contributed by atoms with E-state index in [9.17, 15) is 0 Å². The van der Waals surface area contributed by atoms with Crippen molar-refractivity contribution in [2.75, 3.05) is 0 Å². The van der Waals surface area contributed by atoms with E-state index < -0.39 is 0 Å². The average molecular weight is 291 g/mol. The molecule has 4 bridgehead atoms. The van der Waals surface area contributed by atoms with E-state index in [1.54, 1.807) is 44.9 Å². The van der Waals surface area contributed by atoms with Gasteiger partial charge in [0.15, 0.2) is 0 Å². The highest BCUT2D eigenvalue weighted by atomic mass is 14.5. The Balaban J connectivity index is 1.23. The van der Waals surface area contributed by atoms with Crippen molar-refractivity contribution in [3.63, 3.8) is 0 Å². The van der Waals surface area contributed by atoms with Crippen molar-refractivity contribution in [2.24, 2.45) is 29.6 Å². The van der Waals surface area contributed by atoms with E-state index in [4.69, 9.17) is 0 Å². The molecule has 0 nitrogen and oxygen atoms in total. The van der Waals surface area contributed by atoms with Crippen LogP contribution in [0.5, 0.6) is 0 Å². The molecule has 0 aliphatic heterocycles. The molecule has 0 aromatic heterocycles. The fraction of sp³-hybridized carbons (Fsp3) is 1.00. The van der Waals surface area contributed by atoms with Crippen LogP contribution in [0.2, 0.25) is 0 Å². The SMILES string of the molecule is CCCCCCCCCCCC1C2CC3CC(C2)CC1C3. The lowest BCUT2D eigenvalue weighted by molar-refractivity contribution is -0.0404. The summed E-state index contributed by atoms with van der Waals surface area (Å²) in [6.07, 6.45) is 23.1. The zero-order chi connectivity index (χ0) is 14.5. The molecule has 0 spiro atoms. The quantitative estimate of drug-likeness (QED) is 0.381. The van der Waals surface area contributed by atoms with Gasteiger partial charge in [0.05, 0.1) is 0 Å². The van der Waals surface area contributed by atoms with E-state index in [0.717, 1.165) is 29.6 Å². The van der Waals surface area contributed by atoms with Gasteiger partial charge < -0.3 is 0 Å². The second kappa shape index (κ2) is 8.02. The van der Waals surface area contributed by atoms with E-state index >= 15 is 0 Å². The molecule has 4 aliphatic carbocycles. The Morgan fingerprint density at radius 1 is 0.571 bits per heavy atom. The molecule has 0 saturated heterocycles. The number of rotatable bonds is 10. The highest BCUT2D eigenvalue weighted by molar-refractivity contribution is 4.97. The summed E-state index contributed by atoms with van der Waals surface area (Å²) in [5.41, 5.74) is 0. The average Bonchev–Trinajstić information content (AvgIpc) is 2.47. The maximum Gasteiger partial charge on any atom is -0.0357 e. The second-order valence-corrected chi connectivity index (χ2v) is 8.71. The molecular weight excluding hydrogens is 252 g/mol. The fourth-order valence-corrected chi connectivity index (χ4v) is 6.20. The van der Waals surface area contributed by atoms with Gasteiger partial charge in [-0.1, -0.05) is 64.7 Å². The minimum atomic E-state index is 1.15. The lowest BCUT2D eigenvalue weighted by Gasteiger charge is -2.54. The van der Waals surface area contributed by atoms with Gasteiger partial charge in [0, 0.05) is 0 Å². The predicted octanol–water partition coefficient (Wildman–Crippen LogP) is 6.98. The van der Waals surface area contributed by atoms with Gasteiger partial charge in [-0.2, -0.15) is 0 Å². The summed E-state index contributed by atoms with van der Waals surface area (Å²) >= 11 is 0. The summed E-state index contributed by atoms with van der Waals surface area (Å²) in [6, 6.07) is 0. The first-order valence-electron chi connectivity index (χ1n) is 10.4. The summed E-state index contributed by atoms with van der Waals surface area (Å²) in [5, 5.41) is 0. The van der Waals surface area contributed by atoms with Crippen molar-refractivity contribution in [1.29, 1.82) is 0 Å². The lowest BCUT2D eigenvalue weighted by Crippen LogP contribution is -2.44. The van der Waals surface area contributed by atoms with Crippen LogP contribution in [0, 0.1) is 29.6 Å². The first-order chi connectivity index (χ1) is 10.4. The summed E-state index contributed by atoms with van der Waals surface area (Å²) in [5.74, 6) is 5.80. The summed E-state index contributed by atoms with van der Waals surface area (Å²) in [6.45, 7) is 2.31. The Morgan fingerprint density at radius 3 is 1.57 bits per heavy atom. The van der Waals surface area contributed by atoms with Gasteiger partial charge in [0.2, 0.25) is 0 Å². The monoisotopic (exact) mass is 290 g/mol. The number of hydrogen-bond acceptors (Lipinski definition) is 0. The molecular formula is C21H38. The van der Waals surface area contributed by atoms with Gasteiger partial charge in [-0.05, 0) is 68.1 Å². The molecule has 4 rings (SSSR count). The molecule has 4 fully saturated rings. The van der Waals surface area contributed by atoms with E-state index in [2.05, 4.69) is 6.92 Å². The zero-order valence-electron chi connectivity index (χ0n) is 14.5. The molecule has 0 aromatic rings. The number of unbranched alkanes of at least 4 members (excludes halogenated alkanes) is 8. The van der Waals surface area contributed by atoms with Gasteiger partial charge in [0.1, 0.15) is 0 Å². The molecule has 0 heteroatoms. The minimum absolute atomic E-state index is 1.15. The van der Waals surface area contributed by atoms with Gasteiger partial charge in [-0.25, -0.2) is 0 Å². The van der Waals surface area contributed by atoms with E-state index in [-0.39, 0.29) is 0 Å². The first-order valence-corrected chi connectivity index (χ1v) is 10.4. The van der Waals surface area contributed by atoms with Crippen molar-refractivity contribution in [3.8, 4) is 0 Å². The topological polar surface area (TPSA) is 0 Å². The Hall–Kier alpha value is 0. The third-order valence-electron chi connectivity index (χ3n) is 7.06.